The van der Waals surface area contributed by atoms with E-state index in [-0.39, 0.29) is 18.3 Å². The Morgan fingerprint density at radius 2 is 1.59 bits per heavy atom. The summed E-state index contributed by atoms with van der Waals surface area (Å²) in [6.07, 6.45) is 5.15. The van der Waals surface area contributed by atoms with Crippen LogP contribution in [0.4, 0.5) is 0 Å². The number of aliphatic hydroxyl groups excluding tert-OH is 1. The van der Waals surface area contributed by atoms with Crippen LogP contribution in [0, 0.1) is 12.8 Å². The molecule has 1 fully saturated rings. The van der Waals surface area contributed by atoms with Gasteiger partial charge in [-0.15, -0.1) is 12.4 Å². The van der Waals surface area contributed by atoms with Crippen molar-refractivity contribution < 1.29 is 14.6 Å². The summed E-state index contributed by atoms with van der Waals surface area (Å²) in [5.74, 6) is 1.65. The number of hydrogen-bond acceptors (Lipinski definition) is 4. The van der Waals surface area contributed by atoms with E-state index < -0.39 is 12.1 Å². The first-order valence-corrected chi connectivity index (χ1v) is 7.74. The van der Waals surface area contributed by atoms with Crippen molar-refractivity contribution in [1.82, 2.24) is 0 Å². The van der Waals surface area contributed by atoms with Gasteiger partial charge in [0.1, 0.15) is 11.5 Å². The molecule has 3 N–H and O–H groups in total. The van der Waals surface area contributed by atoms with Gasteiger partial charge in [-0.3, -0.25) is 0 Å². The lowest BCUT2D eigenvalue weighted by atomic mass is 9.81. The maximum atomic E-state index is 10.7. The average Bonchev–Trinajstić information content (AvgIpc) is 2.53. The highest BCUT2D eigenvalue weighted by molar-refractivity contribution is 5.85. The van der Waals surface area contributed by atoms with E-state index in [0.29, 0.717) is 11.5 Å². The predicted molar refractivity (Wildman–Crippen MR) is 91.0 cm³/mol. The van der Waals surface area contributed by atoms with Crippen molar-refractivity contribution in [2.24, 2.45) is 11.7 Å². The van der Waals surface area contributed by atoms with Gasteiger partial charge in [0.25, 0.3) is 0 Å². The lowest BCUT2D eigenvalue weighted by molar-refractivity contribution is 0.0603. The molecule has 1 aliphatic carbocycles. The predicted octanol–water partition coefficient (Wildman–Crippen LogP) is 3.38. The number of nitrogens with two attached hydrogens (primary N) is 1. The molecule has 126 valence electrons. The van der Waals surface area contributed by atoms with E-state index in [0.717, 1.165) is 24.0 Å². The fourth-order valence-corrected chi connectivity index (χ4v) is 3.34. The van der Waals surface area contributed by atoms with Crippen LogP contribution in [0.5, 0.6) is 11.5 Å². The third-order valence-electron chi connectivity index (χ3n) is 4.52. The SMILES string of the molecule is COc1cc(C)cc(OC)c1[C@H](N)[C@H](O)C1CCCCC1.Cl. The smallest absolute Gasteiger partial charge is 0.127 e. The first-order valence-electron chi connectivity index (χ1n) is 7.74. The van der Waals surface area contributed by atoms with Gasteiger partial charge in [-0.25, -0.2) is 0 Å². The van der Waals surface area contributed by atoms with E-state index in [1.54, 1.807) is 14.2 Å². The Bertz CT molecular complexity index is 450. The normalized spacial score (nSPS) is 18.2. The van der Waals surface area contributed by atoms with Crippen LogP contribution >= 0.6 is 12.4 Å². The molecule has 1 aromatic carbocycles. The summed E-state index contributed by atoms with van der Waals surface area (Å²) >= 11 is 0. The van der Waals surface area contributed by atoms with Gasteiger partial charge in [0.2, 0.25) is 0 Å². The molecule has 2 rings (SSSR count). The van der Waals surface area contributed by atoms with Gasteiger partial charge in [-0.05, 0) is 43.4 Å². The molecule has 0 aromatic heterocycles. The Labute approximate surface area is 139 Å². The van der Waals surface area contributed by atoms with Crippen LogP contribution in [-0.2, 0) is 0 Å². The van der Waals surface area contributed by atoms with Crippen molar-refractivity contribution in [3.63, 3.8) is 0 Å². The van der Waals surface area contributed by atoms with E-state index >= 15 is 0 Å². The van der Waals surface area contributed by atoms with Gasteiger partial charge in [0.05, 0.1) is 31.9 Å². The van der Waals surface area contributed by atoms with Gasteiger partial charge in [0, 0.05) is 0 Å². The van der Waals surface area contributed by atoms with Crippen LogP contribution in [0.1, 0.15) is 49.3 Å². The number of ether oxygens (including phenoxy) is 2. The minimum atomic E-state index is -0.559. The Balaban J connectivity index is 0.00000242. The quantitative estimate of drug-likeness (QED) is 0.869. The summed E-state index contributed by atoms with van der Waals surface area (Å²) in [5.41, 5.74) is 8.18. The van der Waals surface area contributed by atoms with Crippen molar-refractivity contribution in [2.45, 2.75) is 51.2 Å². The maximum Gasteiger partial charge on any atom is 0.127 e. The standard InChI is InChI=1S/C17H27NO3.ClH/c1-11-9-13(20-2)15(14(10-11)21-3)16(18)17(19)12-7-5-4-6-8-12;/h9-10,12,16-17,19H,4-8,18H2,1-3H3;1H/t16-,17+;/m0./s1. The molecule has 1 aliphatic rings. The fourth-order valence-electron chi connectivity index (χ4n) is 3.34. The Morgan fingerprint density at radius 1 is 1.09 bits per heavy atom. The Morgan fingerprint density at radius 3 is 2.05 bits per heavy atom. The summed E-state index contributed by atoms with van der Waals surface area (Å²) in [5, 5.41) is 10.7. The molecule has 5 heteroatoms. The van der Waals surface area contributed by atoms with E-state index in [9.17, 15) is 5.11 Å². The molecule has 22 heavy (non-hydrogen) atoms. The second kappa shape index (κ2) is 8.61. The van der Waals surface area contributed by atoms with Crippen LogP contribution < -0.4 is 15.2 Å². The number of halogens is 1. The number of methoxy groups -OCH3 is 2. The van der Waals surface area contributed by atoms with Crippen molar-refractivity contribution >= 4 is 12.4 Å². The van der Waals surface area contributed by atoms with Crippen LogP contribution in [0.2, 0.25) is 0 Å². The molecular formula is C17H28ClNO3. The molecule has 0 aliphatic heterocycles. The number of aliphatic hydroxyl groups is 1. The average molecular weight is 330 g/mol. The number of benzene rings is 1. The summed E-state index contributed by atoms with van der Waals surface area (Å²) in [6.45, 7) is 1.98. The van der Waals surface area contributed by atoms with E-state index in [1.807, 2.05) is 19.1 Å². The largest absolute Gasteiger partial charge is 0.496 e. The van der Waals surface area contributed by atoms with Gasteiger partial charge in [-0.1, -0.05) is 19.3 Å². The van der Waals surface area contributed by atoms with Crippen LogP contribution in [0.25, 0.3) is 0 Å². The topological polar surface area (TPSA) is 64.7 Å². The molecule has 0 spiro atoms. The van der Waals surface area contributed by atoms with Crippen molar-refractivity contribution in [3.8, 4) is 11.5 Å². The molecule has 0 heterocycles. The number of aryl methyl sites for hydroxylation is 1. The first-order chi connectivity index (χ1) is 10.1. The van der Waals surface area contributed by atoms with Crippen molar-refractivity contribution in [3.05, 3.63) is 23.3 Å². The van der Waals surface area contributed by atoms with E-state index in [2.05, 4.69) is 0 Å². The zero-order chi connectivity index (χ0) is 15.4. The molecule has 0 saturated heterocycles. The van der Waals surface area contributed by atoms with Gasteiger partial charge in [0.15, 0.2) is 0 Å². The lowest BCUT2D eigenvalue weighted by Gasteiger charge is -2.31. The molecule has 1 saturated carbocycles. The highest BCUT2D eigenvalue weighted by atomic mass is 35.5. The molecule has 0 unspecified atom stereocenters. The first kappa shape index (κ1) is 19.1. The van der Waals surface area contributed by atoms with Gasteiger partial charge >= 0.3 is 0 Å². The van der Waals surface area contributed by atoms with Crippen LogP contribution in [0.15, 0.2) is 12.1 Å². The van der Waals surface area contributed by atoms with Crippen LogP contribution in [0.3, 0.4) is 0 Å². The van der Waals surface area contributed by atoms with Crippen molar-refractivity contribution in [2.75, 3.05) is 14.2 Å². The molecular weight excluding hydrogens is 302 g/mol. The summed E-state index contributed by atoms with van der Waals surface area (Å²) in [7, 11) is 3.24. The molecule has 0 amide bonds. The molecule has 0 bridgehead atoms. The minimum absolute atomic E-state index is 0. The fraction of sp³-hybridized carbons (Fsp3) is 0.647. The zero-order valence-corrected chi connectivity index (χ0v) is 14.5. The molecule has 1 aromatic rings. The molecule has 4 nitrogen and oxygen atoms in total. The number of rotatable bonds is 5. The summed E-state index contributed by atoms with van der Waals surface area (Å²) in [4.78, 5) is 0. The monoisotopic (exact) mass is 329 g/mol. The zero-order valence-electron chi connectivity index (χ0n) is 13.7. The lowest BCUT2D eigenvalue weighted by Crippen LogP contribution is -2.34. The van der Waals surface area contributed by atoms with Crippen molar-refractivity contribution in [1.29, 1.82) is 0 Å². The highest BCUT2D eigenvalue weighted by Crippen LogP contribution is 2.39. The minimum Gasteiger partial charge on any atom is -0.496 e. The second-order valence-electron chi connectivity index (χ2n) is 6.00. The van der Waals surface area contributed by atoms with Crippen LogP contribution in [-0.4, -0.2) is 25.4 Å². The second-order valence-corrected chi connectivity index (χ2v) is 6.00. The van der Waals surface area contributed by atoms with E-state index in [1.165, 1.54) is 19.3 Å². The molecule has 2 atom stereocenters. The van der Waals surface area contributed by atoms with Gasteiger partial charge < -0.3 is 20.3 Å². The maximum absolute atomic E-state index is 10.7. The third-order valence-corrected chi connectivity index (χ3v) is 4.52. The third kappa shape index (κ3) is 4.06. The summed E-state index contributed by atoms with van der Waals surface area (Å²) in [6, 6.07) is 3.38. The summed E-state index contributed by atoms with van der Waals surface area (Å²) < 4.78 is 10.9. The molecule has 0 radical (unpaired) electrons. The Hall–Kier alpha value is -0.970. The van der Waals surface area contributed by atoms with E-state index in [4.69, 9.17) is 15.2 Å². The van der Waals surface area contributed by atoms with Gasteiger partial charge in [-0.2, -0.15) is 0 Å². The number of hydrogen-bond donors (Lipinski definition) is 2. The highest BCUT2D eigenvalue weighted by Gasteiger charge is 2.31. The Kier molecular flexibility index (Phi) is 7.46.